The van der Waals surface area contributed by atoms with Crippen LogP contribution >= 0.6 is 0 Å². The molecule has 15 heavy (non-hydrogen) atoms. The Morgan fingerprint density at radius 3 is 3.27 bits per heavy atom. The van der Waals surface area contributed by atoms with E-state index < -0.39 is 0 Å². The summed E-state index contributed by atoms with van der Waals surface area (Å²) in [7, 11) is 0. The van der Waals surface area contributed by atoms with Gasteiger partial charge in [0.05, 0.1) is 12.1 Å². The van der Waals surface area contributed by atoms with Gasteiger partial charge in [-0.15, -0.1) is 0 Å². The number of aryl methyl sites for hydroxylation is 1. The molecule has 0 bridgehead atoms. The average molecular weight is 209 g/mol. The maximum atomic E-state index is 5.64. The lowest BCUT2D eigenvalue weighted by molar-refractivity contribution is 0.0994. The van der Waals surface area contributed by atoms with Crippen LogP contribution in [0.1, 0.15) is 26.7 Å². The van der Waals surface area contributed by atoms with Crippen LogP contribution in [0.4, 0.5) is 5.95 Å². The Labute approximate surface area is 90.6 Å². The summed E-state index contributed by atoms with van der Waals surface area (Å²) in [5, 5.41) is 3.41. The van der Waals surface area contributed by atoms with E-state index in [-0.39, 0.29) is 0 Å². The predicted octanol–water partition coefficient (Wildman–Crippen LogP) is 1.88. The third kappa shape index (κ3) is 2.31. The Kier molecular flexibility index (Phi) is 3.26. The van der Waals surface area contributed by atoms with Gasteiger partial charge in [-0.3, -0.25) is 0 Å². The lowest BCUT2D eigenvalue weighted by Crippen LogP contribution is -2.31. The number of aromatic nitrogens is 2. The molecule has 2 unspecified atom stereocenters. The molecule has 4 heteroatoms. The standard InChI is InChI=1S/C11H19N3O/c1-3-14-7-6-12-11(14)13-9(2)10-5-4-8-15-10/h6-7,9-10H,3-5,8H2,1-2H3,(H,12,13). The van der Waals surface area contributed by atoms with Gasteiger partial charge in [-0.05, 0) is 26.7 Å². The van der Waals surface area contributed by atoms with E-state index in [1.54, 1.807) is 0 Å². The van der Waals surface area contributed by atoms with E-state index in [1.807, 2.05) is 12.4 Å². The van der Waals surface area contributed by atoms with Crippen LogP contribution in [-0.4, -0.2) is 28.3 Å². The number of nitrogens with one attached hydrogen (secondary N) is 1. The molecular formula is C11H19N3O. The zero-order valence-corrected chi connectivity index (χ0v) is 9.44. The van der Waals surface area contributed by atoms with Gasteiger partial charge < -0.3 is 14.6 Å². The van der Waals surface area contributed by atoms with E-state index >= 15 is 0 Å². The molecule has 1 aromatic rings. The van der Waals surface area contributed by atoms with Crippen molar-refractivity contribution in [2.75, 3.05) is 11.9 Å². The van der Waals surface area contributed by atoms with Crippen molar-refractivity contribution >= 4 is 5.95 Å². The zero-order valence-electron chi connectivity index (χ0n) is 9.44. The van der Waals surface area contributed by atoms with E-state index in [4.69, 9.17) is 4.74 Å². The van der Waals surface area contributed by atoms with Gasteiger partial charge in [0.2, 0.25) is 5.95 Å². The molecule has 0 amide bonds. The van der Waals surface area contributed by atoms with Gasteiger partial charge in [0, 0.05) is 25.5 Å². The van der Waals surface area contributed by atoms with E-state index in [2.05, 4.69) is 28.7 Å². The molecule has 0 saturated carbocycles. The van der Waals surface area contributed by atoms with Crippen LogP contribution in [0.25, 0.3) is 0 Å². The second-order valence-corrected chi connectivity index (χ2v) is 4.02. The number of hydrogen-bond donors (Lipinski definition) is 1. The van der Waals surface area contributed by atoms with Gasteiger partial charge in [0.15, 0.2) is 0 Å². The van der Waals surface area contributed by atoms with Gasteiger partial charge in [-0.1, -0.05) is 0 Å². The van der Waals surface area contributed by atoms with Crippen molar-refractivity contribution in [2.24, 2.45) is 0 Å². The topological polar surface area (TPSA) is 39.1 Å². The highest BCUT2D eigenvalue weighted by atomic mass is 16.5. The van der Waals surface area contributed by atoms with E-state index in [1.165, 1.54) is 6.42 Å². The van der Waals surface area contributed by atoms with Gasteiger partial charge in [-0.2, -0.15) is 0 Å². The zero-order chi connectivity index (χ0) is 10.7. The molecule has 0 aromatic carbocycles. The molecule has 0 radical (unpaired) electrons. The Morgan fingerprint density at radius 2 is 2.60 bits per heavy atom. The number of nitrogens with zero attached hydrogens (tertiary/aromatic N) is 2. The van der Waals surface area contributed by atoms with E-state index in [0.717, 1.165) is 25.5 Å². The molecule has 1 N–H and O–H groups in total. The van der Waals surface area contributed by atoms with Crippen molar-refractivity contribution in [3.05, 3.63) is 12.4 Å². The normalized spacial score (nSPS) is 22.9. The van der Waals surface area contributed by atoms with Crippen molar-refractivity contribution < 1.29 is 4.74 Å². The minimum atomic E-state index is 0.334. The highest BCUT2D eigenvalue weighted by Crippen LogP contribution is 2.18. The highest BCUT2D eigenvalue weighted by Gasteiger charge is 2.22. The van der Waals surface area contributed by atoms with E-state index in [0.29, 0.717) is 12.1 Å². The van der Waals surface area contributed by atoms with Gasteiger partial charge in [0.25, 0.3) is 0 Å². The van der Waals surface area contributed by atoms with Crippen molar-refractivity contribution in [2.45, 2.75) is 45.4 Å². The van der Waals surface area contributed by atoms with Crippen LogP contribution in [0.3, 0.4) is 0 Å². The number of ether oxygens (including phenoxy) is 1. The van der Waals surface area contributed by atoms with Gasteiger partial charge in [-0.25, -0.2) is 4.98 Å². The first-order chi connectivity index (χ1) is 7.31. The number of rotatable bonds is 4. The quantitative estimate of drug-likeness (QED) is 0.823. The fourth-order valence-corrected chi connectivity index (χ4v) is 2.00. The number of anilines is 1. The molecule has 1 aromatic heterocycles. The first-order valence-corrected chi connectivity index (χ1v) is 5.70. The highest BCUT2D eigenvalue weighted by molar-refractivity contribution is 5.27. The SMILES string of the molecule is CCn1ccnc1NC(C)C1CCCO1. The minimum absolute atomic E-state index is 0.334. The van der Waals surface area contributed by atoms with Crippen molar-refractivity contribution in [1.29, 1.82) is 0 Å². The summed E-state index contributed by atoms with van der Waals surface area (Å²) in [4.78, 5) is 4.29. The monoisotopic (exact) mass is 209 g/mol. The molecule has 84 valence electrons. The van der Waals surface area contributed by atoms with Crippen LogP contribution in [0.5, 0.6) is 0 Å². The minimum Gasteiger partial charge on any atom is -0.376 e. The summed E-state index contributed by atoms with van der Waals surface area (Å²) in [5.41, 5.74) is 0. The van der Waals surface area contributed by atoms with Gasteiger partial charge in [0.1, 0.15) is 0 Å². The summed E-state index contributed by atoms with van der Waals surface area (Å²) >= 11 is 0. The third-order valence-electron chi connectivity index (χ3n) is 2.94. The lowest BCUT2D eigenvalue weighted by atomic mass is 10.1. The number of hydrogen-bond acceptors (Lipinski definition) is 3. The fraction of sp³-hybridized carbons (Fsp3) is 0.727. The first kappa shape index (κ1) is 10.5. The molecule has 1 aliphatic heterocycles. The number of imidazole rings is 1. The summed E-state index contributed by atoms with van der Waals surface area (Å²) in [6.07, 6.45) is 6.49. The third-order valence-corrected chi connectivity index (χ3v) is 2.94. The largest absolute Gasteiger partial charge is 0.376 e. The molecule has 1 aliphatic rings. The summed E-state index contributed by atoms with van der Waals surface area (Å²) in [6.45, 7) is 6.12. The maximum absolute atomic E-state index is 5.64. The van der Waals surface area contributed by atoms with Crippen LogP contribution < -0.4 is 5.32 Å². The predicted molar refractivity (Wildman–Crippen MR) is 60.0 cm³/mol. The smallest absolute Gasteiger partial charge is 0.203 e. The van der Waals surface area contributed by atoms with Crippen molar-refractivity contribution in [3.8, 4) is 0 Å². The molecule has 0 spiro atoms. The molecule has 1 fully saturated rings. The molecule has 0 aliphatic carbocycles. The summed E-state index contributed by atoms with van der Waals surface area (Å²) in [6, 6.07) is 0.334. The molecule has 1 saturated heterocycles. The Bertz CT molecular complexity index is 305. The van der Waals surface area contributed by atoms with Crippen molar-refractivity contribution in [3.63, 3.8) is 0 Å². The first-order valence-electron chi connectivity index (χ1n) is 5.70. The van der Waals surface area contributed by atoms with Crippen LogP contribution in [0.2, 0.25) is 0 Å². The maximum Gasteiger partial charge on any atom is 0.203 e. The molecule has 2 heterocycles. The molecule has 4 nitrogen and oxygen atoms in total. The fourth-order valence-electron chi connectivity index (χ4n) is 2.00. The average Bonchev–Trinajstić information content (AvgIpc) is 2.87. The molecular weight excluding hydrogens is 190 g/mol. The van der Waals surface area contributed by atoms with E-state index in [9.17, 15) is 0 Å². The van der Waals surface area contributed by atoms with Gasteiger partial charge >= 0.3 is 0 Å². The second kappa shape index (κ2) is 4.66. The molecule has 2 rings (SSSR count). The van der Waals surface area contributed by atoms with Crippen LogP contribution in [-0.2, 0) is 11.3 Å². The van der Waals surface area contributed by atoms with Crippen molar-refractivity contribution in [1.82, 2.24) is 9.55 Å². The Hall–Kier alpha value is -1.03. The summed E-state index contributed by atoms with van der Waals surface area (Å²) < 4.78 is 7.74. The lowest BCUT2D eigenvalue weighted by Gasteiger charge is -2.20. The summed E-state index contributed by atoms with van der Waals surface area (Å²) in [5.74, 6) is 0.945. The van der Waals surface area contributed by atoms with Crippen LogP contribution in [0, 0.1) is 0 Å². The Morgan fingerprint density at radius 1 is 1.73 bits per heavy atom. The molecule has 2 atom stereocenters. The van der Waals surface area contributed by atoms with Crippen LogP contribution in [0.15, 0.2) is 12.4 Å². The Balaban J connectivity index is 1.95. The second-order valence-electron chi connectivity index (χ2n) is 4.02.